The van der Waals surface area contributed by atoms with E-state index in [9.17, 15) is 14.3 Å². The maximum Gasteiger partial charge on any atom is 0.312 e. The molecule has 0 radical (unpaired) electrons. The molecule has 0 bridgehead atoms. The van der Waals surface area contributed by atoms with Gasteiger partial charge in [0.25, 0.3) is 0 Å². The van der Waals surface area contributed by atoms with E-state index in [2.05, 4.69) is 0 Å². The maximum absolute atomic E-state index is 12.9. The van der Waals surface area contributed by atoms with Crippen LogP contribution in [0.2, 0.25) is 0 Å². The fraction of sp³-hybridized carbons (Fsp3) is 0.462. The zero-order valence-electron chi connectivity index (χ0n) is 9.97. The molecule has 4 nitrogen and oxygen atoms in total. The van der Waals surface area contributed by atoms with E-state index < -0.39 is 18.1 Å². The molecule has 1 aromatic rings. The topological polar surface area (TPSA) is 60.8 Å². The van der Waals surface area contributed by atoms with Gasteiger partial charge in [-0.15, -0.1) is 0 Å². The standard InChI is InChI=1S/C13H16FNO3/c14-9-13(12(17)18)5-7-15(8-6-13)10-1-3-11(16)4-2-10/h1-4,16H,5-9H2,(H,17,18). The molecule has 1 saturated heterocycles. The minimum atomic E-state index is -1.21. The summed E-state index contributed by atoms with van der Waals surface area (Å²) in [5.74, 6) is -0.852. The number of carbonyl (C=O) groups is 1. The van der Waals surface area contributed by atoms with Gasteiger partial charge in [0, 0.05) is 18.8 Å². The number of alkyl halides is 1. The number of carboxylic acid groups (broad SMARTS) is 1. The summed E-state index contributed by atoms with van der Waals surface area (Å²) >= 11 is 0. The minimum Gasteiger partial charge on any atom is -0.508 e. The third-order valence-corrected chi connectivity index (χ3v) is 3.64. The quantitative estimate of drug-likeness (QED) is 0.865. The number of hydrogen-bond donors (Lipinski definition) is 2. The first-order valence-electron chi connectivity index (χ1n) is 5.91. The Balaban J connectivity index is 2.06. The van der Waals surface area contributed by atoms with Crippen LogP contribution in [0.3, 0.4) is 0 Å². The highest BCUT2D eigenvalue weighted by atomic mass is 19.1. The molecule has 18 heavy (non-hydrogen) atoms. The van der Waals surface area contributed by atoms with Gasteiger partial charge in [0.05, 0.1) is 5.41 Å². The van der Waals surface area contributed by atoms with Crippen LogP contribution in [0.5, 0.6) is 5.75 Å². The van der Waals surface area contributed by atoms with Gasteiger partial charge in [0.2, 0.25) is 0 Å². The zero-order chi connectivity index (χ0) is 13.2. The predicted molar refractivity (Wildman–Crippen MR) is 65.6 cm³/mol. The average molecular weight is 253 g/mol. The molecule has 2 N–H and O–H groups in total. The Kier molecular flexibility index (Phi) is 3.41. The number of hydrogen-bond acceptors (Lipinski definition) is 3. The Hall–Kier alpha value is -1.78. The van der Waals surface area contributed by atoms with E-state index >= 15 is 0 Å². The SMILES string of the molecule is O=C(O)C1(CF)CCN(c2ccc(O)cc2)CC1. The van der Waals surface area contributed by atoms with Gasteiger partial charge < -0.3 is 15.1 Å². The Bertz CT molecular complexity index is 424. The highest BCUT2D eigenvalue weighted by Crippen LogP contribution is 2.34. The number of halogens is 1. The van der Waals surface area contributed by atoms with Gasteiger partial charge in [0.1, 0.15) is 12.4 Å². The van der Waals surface area contributed by atoms with Gasteiger partial charge >= 0.3 is 5.97 Å². The van der Waals surface area contributed by atoms with Crippen LogP contribution in [0.1, 0.15) is 12.8 Å². The van der Waals surface area contributed by atoms with E-state index in [0.29, 0.717) is 25.9 Å². The molecule has 2 rings (SSSR count). The van der Waals surface area contributed by atoms with Crippen molar-refractivity contribution in [2.45, 2.75) is 12.8 Å². The first-order valence-corrected chi connectivity index (χ1v) is 5.91. The molecule has 0 amide bonds. The lowest BCUT2D eigenvalue weighted by Crippen LogP contribution is -2.45. The Morgan fingerprint density at radius 1 is 1.28 bits per heavy atom. The van der Waals surface area contributed by atoms with Crippen molar-refractivity contribution in [3.63, 3.8) is 0 Å². The number of rotatable bonds is 3. The second-order valence-corrected chi connectivity index (χ2v) is 4.72. The van der Waals surface area contributed by atoms with Gasteiger partial charge in [-0.2, -0.15) is 0 Å². The van der Waals surface area contributed by atoms with Gasteiger partial charge in [-0.1, -0.05) is 0 Å². The summed E-state index contributed by atoms with van der Waals surface area (Å²) in [6.07, 6.45) is 0.611. The first-order chi connectivity index (χ1) is 8.57. The zero-order valence-corrected chi connectivity index (χ0v) is 9.97. The molecule has 98 valence electrons. The predicted octanol–water partition coefficient (Wildman–Crippen LogP) is 2.03. The van der Waals surface area contributed by atoms with Crippen molar-refractivity contribution in [1.29, 1.82) is 0 Å². The summed E-state index contributed by atoms with van der Waals surface area (Å²) in [5, 5.41) is 18.3. The Labute approximate surface area is 105 Å². The van der Waals surface area contributed by atoms with Gasteiger partial charge in [-0.3, -0.25) is 4.79 Å². The number of carboxylic acids is 1. The van der Waals surface area contributed by atoms with Crippen LogP contribution in [0.25, 0.3) is 0 Å². The van der Waals surface area contributed by atoms with Crippen molar-refractivity contribution in [3.05, 3.63) is 24.3 Å². The molecule has 1 aliphatic rings. The Morgan fingerprint density at radius 2 is 1.83 bits per heavy atom. The highest BCUT2D eigenvalue weighted by Gasteiger charge is 2.41. The molecule has 1 aromatic carbocycles. The van der Waals surface area contributed by atoms with Crippen LogP contribution in [0.15, 0.2) is 24.3 Å². The Morgan fingerprint density at radius 3 is 2.28 bits per heavy atom. The summed E-state index contributed by atoms with van der Waals surface area (Å²) < 4.78 is 12.9. The van der Waals surface area contributed by atoms with Gasteiger partial charge in [-0.25, -0.2) is 4.39 Å². The monoisotopic (exact) mass is 253 g/mol. The number of phenols is 1. The molecular weight excluding hydrogens is 237 g/mol. The molecule has 5 heteroatoms. The van der Waals surface area contributed by atoms with E-state index in [4.69, 9.17) is 5.11 Å². The molecule has 1 fully saturated rings. The summed E-state index contributed by atoms with van der Waals surface area (Å²) in [6, 6.07) is 6.73. The second-order valence-electron chi connectivity index (χ2n) is 4.72. The lowest BCUT2D eigenvalue weighted by atomic mass is 9.79. The van der Waals surface area contributed by atoms with E-state index in [1.807, 2.05) is 4.90 Å². The number of anilines is 1. The van der Waals surface area contributed by atoms with Crippen LogP contribution in [-0.2, 0) is 4.79 Å². The number of phenolic OH excluding ortho intramolecular Hbond substituents is 1. The smallest absolute Gasteiger partial charge is 0.312 e. The van der Waals surface area contributed by atoms with E-state index in [-0.39, 0.29) is 5.75 Å². The molecule has 0 unspecified atom stereocenters. The third kappa shape index (κ3) is 2.25. The first kappa shape index (κ1) is 12.7. The van der Waals surface area contributed by atoms with Crippen molar-refractivity contribution < 1.29 is 19.4 Å². The van der Waals surface area contributed by atoms with Gasteiger partial charge in [0.15, 0.2) is 0 Å². The van der Waals surface area contributed by atoms with E-state index in [1.54, 1.807) is 24.3 Å². The number of aromatic hydroxyl groups is 1. The molecule has 1 heterocycles. The fourth-order valence-electron chi connectivity index (χ4n) is 2.26. The normalized spacial score (nSPS) is 18.6. The van der Waals surface area contributed by atoms with Crippen LogP contribution in [-0.4, -0.2) is 35.9 Å². The summed E-state index contributed by atoms with van der Waals surface area (Å²) in [6.45, 7) is 0.216. The fourth-order valence-corrected chi connectivity index (χ4v) is 2.26. The lowest BCUT2D eigenvalue weighted by Gasteiger charge is -2.38. The lowest BCUT2D eigenvalue weighted by molar-refractivity contribution is -0.151. The van der Waals surface area contributed by atoms with Crippen LogP contribution in [0.4, 0.5) is 10.1 Å². The number of piperidine rings is 1. The van der Waals surface area contributed by atoms with Crippen molar-refractivity contribution >= 4 is 11.7 Å². The second kappa shape index (κ2) is 4.84. The summed E-state index contributed by atoms with van der Waals surface area (Å²) in [4.78, 5) is 13.1. The van der Waals surface area contributed by atoms with E-state index in [1.165, 1.54) is 0 Å². The molecular formula is C13H16FNO3. The van der Waals surface area contributed by atoms with Crippen LogP contribution < -0.4 is 4.90 Å². The van der Waals surface area contributed by atoms with Crippen LogP contribution in [0, 0.1) is 5.41 Å². The minimum absolute atomic E-state index is 0.194. The molecule has 0 atom stereocenters. The third-order valence-electron chi connectivity index (χ3n) is 3.64. The van der Waals surface area contributed by atoms with Gasteiger partial charge in [-0.05, 0) is 37.1 Å². The molecule has 0 aromatic heterocycles. The average Bonchev–Trinajstić information content (AvgIpc) is 2.39. The van der Waals surface area contributed by atoms with Crippen molar-refractivity contribution in [2.24, 2.45) is 5.41 Å². The van der Waals surface area contributed by atoms with Crippen molar-refractivity contribution in [1.82, 2.24) is 0 Å². The molecule has 1 aliphatic heterocycles. The molecule has 0 spiro atoms. The maximum atomic E-state index is 12.9. The number of benzene rings is 1. The number of nitrogens with zero attached hydrogens (tertiary/aromatic N) is 1. The largest absolute Gasteiger partial charge is 0.508 e. The highest BCUT2D eigenvalue weighted by molar-refractivity contribution is 5.75. The van der Waals surface area contributed by atoms with E-state index in [0.717, 1.165) is 5.69 Å². The summed E-state index contributed by atoms with van der Waals surface area (Å²) in [5.41, 5.74) is -0.293. The molecule has 0 aliphatic carbocycles. The molecule has 0 saturated carbocycles. The van der Waals surface area contributed by atoms with Crippen molar-refractivity contribution in [3.8, 4) is 5.75 Å². The summed E-state index contributed by atoms with van der Waals surface area (Å²) in [7, 11) is 0. The van der Waals surface area contributed by atoms with Crippen LogP contribution >= 0.6 is 0 Å². The van der Waals surface area contributed by atoms with Crippen molar-refractivity contribution in [2.75, 3.05) is 24.7 Å². The number of aliphatic carboxylic acids is 1.